The Morgan fingerprint density at radius 3 is 2.46 bits per heavy atom. The van der Waals surface area contributed by atoms with Gasteiger partial charge >= 0.3 is 51.4 Å². The van der Waals surface area contributed by atoms with Crippen molar-refractivity contribution in [2.24, 2.45) is 11.6 Å². The third-order valence-corrected chi connectivity index (χ3v) is 1.39. The van der Waals surface area contributed by atoms with Gasteiger partial charge in [-0.25, -0.2) is 5.84 Å². The Labute approximate surface area is 121 Å². The van der Waals surface area contributed by atoms with Crippen LogP contribution in [0.4, 0.5) is 0 Å². The van der Waals surface area contributed by atoms with E-state index in [9.17, 15) is 0 Å². The van der Waals surface area contributed by atoms with E-state index in [1.807, 2.05) is 24.3 Å². The quantitative estimate of drug-likeness (QED) is 0.242. The summed E-state index contributed by atoms with van der Waals surface area (Å²) in [7, 11) is 1.72. The fraction of sp³-hybridized carbons (Fsp3) is 0.111. The van der Waals surface area contributed by atoms with Crippen molar-refractivity contribution < 1.29 is 51.4 Å². The van der Waals surface area contributed by atoms with Crippen LogP contribution in [-0.2, 0) is 0 Å². The maximum Gasteiger partial charge on any atom is 1.00 e. The largest absolute Gasteiger partial charge is 1.00 e. The SMILES string of the molecule is CN(N)/C=C(\N)c1cc[c-]cc1.[K+]. The minimum atomic E-state index is 0. The Kier molecular flexibility index (Phi) is 6.67. The first-order chi connectivity index (χ1) is 5.70. The van der Waals surface area contributed by atoms with Crippen molar-refractivity contribution in [2.45, 2.75) is 0 Å². The van der Waals surface area contributed by atoms with Gasteiger partial charge in [0.15, 0.2) is 0 Å². The Balaban J connectivity index is 0.00000144. The van der Waals surface area contributed by atoms with Crippen molar-refractivity contribution in [1.29, 1.82) is 0 Å². The van der Waals surface area contributed by atoms with E-state index in [2.05, 4.69) is 6.07 Å². The van der Waals surface area contributed by atoms with Crippen molar-refractivity contribution in [3.05, 3.63) is 42.1 Å². The van der Waals surface area contributed by atoms with E-state index in [0.717, 1.165) is 5.56 Å². The maximum atomic E-state index is 5.72. The normalized spacial score (nSPS) is 10.5. The van der Waals surface area contributed by atoms with Gasteiger partial charge in [0.2, 0.25) is 0 Å². The smallest absolute Gasteiger partial charge is 0.399 e. The van der Waals surface area contributed by atoms with Crippen LogP contribution in [-0.4, -0.2) is 12.1 Å². The fourth-order valence-electron chi connectivity index (χ4n) is 0.873. The zero-order chi connectivity index (χ0) is 8.97. The van der Waals surface area contributed by atoms with Crippen molar-refractivity contribution in [3.63, 3.8) is 0 Å². The molecule has 0 aliphatic rings. The van der Waals surface area contributed by atoms with Gasteiger partial charge in [-0.3, -0.25) is 0 Å². The molecule has 0 saturated heterocycles. The van der Waals surface area contributed by atoms with E-state index in [1.54, 1.807) is 13.2 Å². The van der Waals surface area contributed by atoms with Gasteiger partial charge in [0, 0.05) is 18.9 Å². The second-order valence-corrected chi connectivity index (χ2v) is 2.54. The molecule has 4 heteroatoms. The zero-order valence-corrected chi connectivity index (χ0v) is 11.1. The molecule has 0 atom stereocenters. The van der Waals surface area contributed by atoms with Crippen LogP contribution in [0.2, 0.25) is 0 Å². The molecule has 3 nitrogen and oxygen atoms in total. The van der Waals surface area contributed by atoms with E-state index in [1.165, 1.54) is 5.01 Å². The van der Waals surface area contributed by atoms with E-state index in [-0.39, 0.29) is 51.4 Å². The minimum absolute atomic E-state index is 0. The molecule has 0 aliphatic heterocycles. The molecule has 0 bridgehead atoms. The summed E-state index contributed by atoms with van der Waals surface area (Å²) < 4.78 is 0. The number of hydrazine groups is 1. The van der Waals surface area contributed by atoms with Crippen LogP contribution in [0.1, 0.15) is 5.56 Å². The van der Waals surface area contributed by atoms with Gasteiger partial charge in [0.25, 0.3) is 0 Å². The molecule has 0 radical (unpaired) electrons. The summed E-state index contributed by atoms with van der Waals surface area (Å²) >= 11 is 0. The number of hydrogen-bond acceptors (Lipinski definition) is 3. The van der Waals surface area contributed by atoms with Crippen molar-refractivity contribution in [2.75, 3.05) is 7.05 Å². The monoisotopic (exact) mass is 201 g/mol. The molecule has 0 spiro atoms. The molecule has 1 rings (SSSR count). The van der Waals surface area contributed by atoms with Crippen LogP contribution in [0.25, 0.3) is 5.70 Å². The molecule has 0 heterocycles. The molecule has 0 saturated carbocycles. The van der Waals surface area contributed by atoms with Gasteiger partial charge in [0.05, 0.1) is 0 Å². The van der Waals surface area contributed by atoms with Crippen LogP contribution in [0.15, 0.2) is 30.5 Å². The molecule has 13 heavy (non-hydrogen) atoms. The Hall–Kier alpha value is 0.156. The van der Waals surface area contributed by atoms with Gasteiger partial charge in [-0.1, -0.05) is 0 Å². The fourth-order valence-corrected chi connectivity index (χ4v) is 0.873. The first-order valence-corrected chi connectivity index (χ1v) is 3.61. The number of benzene rings is 1. The second kappa shape index (κ2) is 6.59. The summed E-state index contributed by atoms with van der Waals surface area (Å²) in [4.78, 5) is 0. The minimum Gasteiger partial charge on any atom is -0.399 e. The van der Waals surface area contributed by atoms with E-state index in [4.69, 9.17) is 11.6 Å². The molecule has 1 aromatic carbocycles. The third kappa shape index (κ3) is 4.80. The van der Waals surface area contributed by atoms with Crippen molar-refractivity contribution >= 4 is 5.70 Å². The number of rotatable bonds is 2. The summed E-state index contributed by atoms with van der Waals surface area (Å²) in [6.07, 6.45) is 1.66. The molecule has 1 aromatic rings. The first kappa shape index (κ1) is 13.2. The van der Waals surface area contributed by atoms with Crippen LogP contribution in [0, 0.1) is 6.07 Å². The van der Waals surface area contributed by atoms with Crippen LogP contribution in [0.5, 0.6) is 0 Å². The summed E-state index contributed by atoms with van der Waals surface area (Å²) in [5, 5.41) is 1.42. The van der Waals surface area contributed by atoms with E-state index < -0.39 is 0 Å². The molecule has 4 N–H and O–H groups in total. The van der Waals surface area contributed by atoms with Crippen LogP contribution < -0.4 is 63.0 Å². The van der Waals surface area contributed by atoms with Gasteiger partial charge in [-0.05, 0) is 0 Å². The van der Waals surface area contributed by atoms with Gasteiger partial charge < -0.3 is 10.7 Å². The second-order valence-electron chi connectivity index (χ2n) is 2.54. The summed E-state index contributed by atoms with van der Waals surface area (Å²) in [6, 6.07) is 10.3. The molecule has 0 fully saturated rings. The number of nitrogens with zero attached hydrogens (tertiary/aromatic N) is 1. The van der Waals surface area contributed by atoms with Gasteiger partial charge in [-0.15, -0.1) is 5.56 Å². The predicted octanol–water partition coefficient (Wildman–Crippen LogP) is -2.45. The summed E-state index contributed by atoms with van der Waals surface area (Å²) in [6.45, 7) is 0. The molecule has 0 aliphatic carbocycles. The molecular formula is C9H12KN3. The topological polar surface area (TPSA) is 55.3 Å². The third-order valence-electron chi connectivity index (χ3n) is 1.39. The molecule has 0 amide bonds. The Morgan fingerprint density at radius 2 is 2.00 bits per heavy atom. The number of hydrogen-bond donors (Lipinski definition) is 2. The zero-order valence-electron chi connectivity index (χ0n) is 7.99. The van der Waals surface area contributed by atoms with Crippen molar-refractivity contribution in [3.8, 4) is 0 Å². The van der Waals surface area contributed by atoms with Crippen LogP contribution in [0.3, 0.4) is 0 Å². The maximum absolute atomic E-state index is 5.72. The Morgan fingerprint density at radius 1 is 1.46 bits per heavy atom. The molecular weight excluding hydrogens is 189 g/mol. The molecule has 0 unspecified atom stereocenters. The van der Waals surface area contributed by atoms with E-state index in [0.29, 0.717) is 5.70 Å². The Bertz CT molecular complexity index is 269. The average molecular weight is 201 g/mol. The predicted molar refractivity (Wildman–Crippen MR) is 49.4 cm³/mol. The summed E-state index contributed by atoms with van der Waals surface area (Å²) in [5.41, 5.74) is 7.32. The summed E-state index contributed by atoms with van der Waals surface area (Å²) in [5.74, 6) is 5.40. The standard InChI is InChI=1S/C9H12N3.K/c1-12(11)7-9(10)8-5-3-2-4-6-8;/h3-7H,10-11H2,1H3;/q-1;+1/b9-7-;. The average Bonchev–Trinajstić information content (AvgIpc) is 2.05. The number of nitrogens with two attached hydrogens (primary N) is 2. The molecule has 0 aromatic heterocycles. The first-order valence-electron chi connectivity index (χ1n) is 3.61. The van der Waals surface area contributed by atoms with Gasteiger partial charge in [0.1, 0.15) is 0 Å². The van der Waals surface area contributed by atoms with Gasteiger partial charge in [-0.2, -0.15) is 30.3 Å². The van der Waals surface area contributed by atoms with Crippen LogP contribution >= 0.6 is 0 Å². The molecule has 64 valence electrons. The van der Waals surface area contributed by atoms with E-state index >= 15 is 0 Å². The van der Waals surface area contributed by atoms with Crippen molar-refractivity contribution in [1.82, 2.24) is 5.01 Å².